The molecular formula is C15H16Cl2O3. The Morgan fingerprint density at radius 3 is 2.55 bits per heavy atom. The third kappa shape index (κ3) is 3.90. The normalized spacial score (nSPS) is 17.0. The molecule has 0 atom stereocenters. The van der Waals surface area contributed by atoms with Gasteiger partial charge in [0.15, 0.2) is 0 Å². The lowest BCUT2D eigenvalue weighted by molar-refractivity contribution is -0.133. The Morgan fingerprint density at radius 1 is 1.25 bits per heavy atom. The number of rotatable bonds is 4. The van der Waals surface area contributed by atoms with Crippen molar-refractivity contribution in [1.29, 1.82) is 0 Å². The van der Waals surface area contributed by atoms with Crippen molar-refractivity contribution in [2.75, 3.05) is 0 Å². The van der Waals surface area contributed by atoms with E-state index < -0.39 is 5.97 Å². The molecule has 1 aliphatic rings. The first-order chi connectivity index (χ1) is 9.58. The number of carbonyl (C=O) groups is 1. The van der Waals surface area contributed by atoms with Gasteiger partial charge in [-0.2, -0.15) is 0 Å². The molecule has 0 amide bonds. The molecule has 0 unspecified atom stereocenters. The van der Waals surface area contributed by atoms with Crippen LogP contribution in [-0.2, 0) is 4.79 Å². The predicted molar refractivity (Wildman–Crippen MR) is 79.4 cm³/mol. The van der Waals surface area contributed by atoms with Gasteiger partial charge in [0.2, 0.25) is 0 Å². The van der Waals surface area contributed by atoms with Gasteiger partial charge in [-0.15, -0.1) is 0 Å². The summed E-state index contributed by atoms with van der Waals surface area (Å²) in [5.74, 6) is -0.458. The monoisotopic (exact) mass is 314 g/mol. The van der Waals surface area contributed by atoms with E-state index in [0.717, 1.165) is 25.7 Å². The van der Waals surface area contributed by atoms with E-state index in [9.17, 15) is 9.90 Å². The first-order valence-corrected chi connectivity index (χ1v) is 7.38. The first-order valence-electron chi connectivity index (χ1n) is 6.63. The fourth-order valence-electron chi connectivity index (χ4n) is 2.43. The van der Waals surface area contributed by atoms with Crippen LogP contribution in [0.2, 0.25) is 10.0 Å². The number of hydrogen-bond acceptors (Lipinski definition) is 2. The molecule has 2 rings (SSSR count). The Hall–Kier alpha value is -1.19. The van der Waals surface area contributed by atoms with Crippen molar-refractivity contribution >= 4 is 29.2 Å². The van der Waals surface area contributed by atoms with E-state index in [2.05, 4.69) is 0 Å². The maximum Gasteiger partial charge on any atom is 0.334 e. The summed E-state index contributed by atoms with van der Waals surface area (Å²) in [7, 11) is 0. The molecule has 0 spiro atoms. The minimum absolute atomic E-state index is 0.0623. The lowest BCUT2D eigenvalue weighted by atomic mass is 9.84. The lowest BCUT2D eigenvalue weighted by Gasteiger charge is -2.21. The van der Waals surface area contributed by atoms with Gasteiger partial charge < -0.3 is 9.84 Å². The Bertz CT molecular complexity index is 520. The van der Waals surface area contributed by atoms with Gasteiger partial charge in [-0.25, -0.2) is 4.79 Å². The van der Waals surface area contributed by atoms with Crippen LogP contribution in [0.5, 0.6) is 5.75 Å². The molecule has 1 N–H and O–H groups in total. The SMILES string of the molecule is O=C(O)/C(=C\Oc1ccc(Cl)cc1Cl)C1CCCCC1. The van der Waals surface area contributed by atoms with Crippen molar-refractivity contribution in [2.24, 2.45) is 5.92 Å². The van der Waals surface area contributed by atoms with Crippen LogP contribution >= 0.6 is 23.2 Å². The second kappa shape index (κ2) is 7.00. The maximum absolute atomic E-state index is 11.4. The number of aliphatic carboxylic acids is 1. The predicted octanol–water partition coefficient (Wildman–Crippen LogP) is 4.92. The number of hydrogen-bond donors (Lipinski definition) is 1. The second-order valence-corrected chi connectivity index (χ2v) is 5.75. The lowest BCUT2D eigenvalue weighted by Crippen LogP contribution is -2.16. The van der Waals surface area contributed by atoms with Gasteiger partial charge in [0, 0.05) is 5.02 Å². The zero-order chi connectivity index (χ0) is 14.5. The molecule has 1 saturated carbocycles. The third-order valence-electron chi connectivity index (χ3n) is 3.50. The van der Waals surface area contributed by atoms with Crippen molar-refractivity contribution in [3.8, 4) is 5.75 Å². The van der Waals surface area contributed by atoms with E-state index in [-0.39, 0.29) is 5.92 Å². The van der Waals surface area contributed by atoms with Crippen molar-refractivity contribution in [3.63, 3.8) is 0 Å². The van der Waals surface area contributed by atoms with Crippen LogP contribution in [0, 0.1) is 5.92 Å². The van der Waals surface area contributed by atoms with E-state index in [1.807, 2.05) is 0 Å². The summed E-state index contributed by atoms with van der Waals surface area (Å²) >= 11 is 11.8. The molecule has 0 aromatic heterocycles. The fourth-order valence-corrected chi connectivity index (χ4v) is 2.89. The Balaban J connectivity index is 2.14. The van der Waals surface area contributed by atoms with E-state index in [1.165, 1.54) is 12.7 Å². The van der Waals surface area contributed by atoms with Gasteiger partial charge >= 0.3 is 5.97 Å². The number of carboxylic acids is 1. The van der Waals surface area contributed by atoms with Crippen molar-refractivity contribution < 1.29 is 14.6 Å². The molecular weight excluding hydrogens is 299 g/mol. The minimum Gasteiger partial charge on any atom is -0.478 e. The highest BCUT2D eigenvalue weighted by molar-refractivity contribution is 6.35. The third-order valence-corrected chi connectivity index (χ3v) is 4.03. The zero-order valence-electron chi connectivity index (χ0n) is 10.9. The Labute approximate surface area is 128 Å². The number of halogens is 2. The molecule has 0 radical (unpaired) electrons. The van der Waals surface area contributed by atoms with Crippen molar-refractivity contribution in [1.82, 2.24) is 0 Å². The first kappa shape index (κ1) is 15.2. The van der Waals surface area contributed by atoms with E-state index in [4.69, 9.17) is 27.9 Å². The molecule has 0 aliphatic heterocycles. The quantitative estimate of drug-likeness (QED) is 0.633. The molecule has 1 aromatic rings. The van der Waals surface area contributed by atoms with Crippen LogP contribution in [0.1, 0.15) is 32.1 Å². The second-order valence-electron chi connectivity index (χ2n) is 4.91. The van der Waals surface area contributed by atoms with Gasteiger partial charge in [-0.05, 0) is 37.0 Å². The summed E-state index contributed by atoms with van der Waals surface area (Å²) in [4.78, 5) is 11.4. The molecule has 1 aromatic carbocycles. The van der Waals surface area contributed by atoms with Crippen LogP contribution < -0.4 is 4.74 Å². The van der Waals surface area contributed by atoms with Crippen LogP contribution in [0.4, 0.5) is 0 Å². The van der Waals surface area contributed by atoms with Crippen LogP contribution in [-0.4, -0.2) is 11.1 Å². The largest absolute Gasteiger partial charge is 0.478 e. The van der Waals surface area contributed by atoms with Gasteiger partial charge in [0.05, 0.1) is 10.6 Å². The standard InChI is InChI=1S/C15H16Cl2O3/c16-11-6-7-14(13(17)8-11)20-9-12(15(18)19)10-4-2-1-3-5-10/h6-10H,1-5H2,(H,18,19)/b12-9-. The topological polar surface area (TPSA) is 46.5 Å². The summed E-state index contributed by atoms with van der Waals surface area (Å²) in [5, 5.41) is 10.2. The molecule has 0 bridgehead atoms. The van der Waals surface area contributed by atoms with Crippen LogP contribution in [0.3, 0.4) is 0 Å². The molecule has 0 saturated heterocycles. The fraction of sp³-hybridized carbons (Fsp3) is 0.400. The maximum atomic E-state index is 11.4. The summed E-state index contributed by atoms with van der Waals surface area (Å²) in [6, 6.07) is 4.84. The summed E-state index contributed by atoms with van der Waals surface area (Å²) < 4.78 is 5.43. The van der Waals surface area contributed by atoms with Crippen LogP contribution in [0.15, 0.2) is 30.0 Å². The highest BCUT2D eigenvalue weighted by Crippen LogP contribution is 2.31. The molecule has 0 heterocycles. The van der Waals surface area contributed by atoms with Crippen molar-refractivity contribution in [3.05, 3.63) is 40.1 Å². The zero-order valence-corrected chi connectivity index (χ0v) is 12.5. The highest BCUT2D eigenvalue weighted by atomic mass is 35.5. The van der Waals surface area contributed by atoms with E-state index >= 15 is 0 Å². The molecule has 1 fully saturated rings. The summed E-state index contributed by atoms with van der Waals surface area (Å²) in [5.41, 5.74) is 0.315. The average Bonchev–Trinajstić information content (AvgIpc) is 2.42. The van der Waals surface area contributed by atoms with Crippen LogP contribution in [0.25, 0.3) is 0 Å². The Kier molecular flexibility index (Phi) is 5.32. The summed E-state index contributed by atoms with van der Waals surface area (Å²) in [6.45, 7) is 0. The summed E-state index contributed by atoms with van der Waals surface area (Å²) in [6.07, 6.45) is 6.42. The Morgan fingerprint density at radius 2 is 1.95 bits per heavy atom. The van der Waals surface area contributed by atoms with E-state index in [0.29, 0.717) is 21.4 Å². The van der Waals surface area contributed by atoms with Crippen molar-refractivity contribution in [2.45, 2.75) is 32.1 Å². The van der Waals surface area contributed by atoms with Gasteiger partial charge in [0.1, 0.15) is 12.0 Å². The molecule has 20 heavy (non-hydrogen) atoms. The average molecular weight is 315 g/mol. The van der Waals surface area contributed by atoms with E-state index in [1.54, 1.807) is 18.2 Å². The molecule has 108 valence electrons. The number of benzene rings is 1. The number of ether oxygens (including phenoxy) is 1. The molecule has 1 aliphatic carbocycles. The molecule has 5 heteroatoms. The van der Waals surface area contributed by atoms with Gasteiger partial charge in [0.25, 0.3) is 0 Å². The highest BCUT2D eigenvalue weighted by Gasteiger charge is 2.23. The number of carboxylic acid groups (broad SMARTS) is 1. The molecule has 3 nitrogen and oxygen atoms in total. The van der Waals surface area contributed by atoms with Gasteiger partial charge in [-0.1, -0.05) is 42.5 Å². The minimum atomic E-state index is -0.929. The van der Waals surface area contributed by atoms with Gasteiger partial charge in [-0.3, -0.25) is 0 Å². The smallest absolute Gasteiger partial charge is 0.334 e.